The van der Waals surface area contributed by atoms with Gasteiger partial charge in [-0.2, -0.15) is 0 Å². The van der Waals surface area contributed by atoms with E-state index < -0.39 is 21.5 Å². The molecule has 0 fully saturated rings. The Morgan fingerprint density at radius 1 is 0.966 bits per heavy atom. The Kier molecular flexibility index (Phi) is 5.08. The largest absolute Gasteiger partial charge is 0.436 e. The van der Waals surface area contributed by atoms with Gasteiger partial charge in [0.2, 0.25) is 11.8 Å². The van der Waals surface area contributed by atoms with Gasteiger partial charge < -0.3 is 9.73 Å². The summed E-state index contributed by atoms with van der Waals surface area (Å²) in [6.45, 7) is 0. The number of hydrogen-bond donors (Lipinski definition) is 1. The summed E-state index contributed by atoms with van der Waals surface area (Å²) < 4.78 is 30.4. The molecule has 3 aromatic carbocycles. The molecule has 0 unspecified atom stereocenters. The molecule has 1 heterocycles. The predicted molar refractivity (Wildman–Crippen MR) is 112 cm³/mol. The maximum atomic E-state index is 12.3. The number of fused-ring (bicyclic) bond motifs is 1. The molecule has 0 radical (unpaired) electrons. The van der Waals surface area contributed by atoms with E-state index in [0.29, 0.717) is 22.2 Å². The fraction of sp³-hybridized carbons (Fsp3) is 0.0476. The normalized spacial score (nSPS) is 11.5. The van der Waals surface area contributed by atoms with Crippen LogP contribution in [0, 0.1) is 0 Å². The molecule has 8 heteroatoms. The van der Waals surface area contributed by atoms with Crippen molar-refractivity contribution in [2.45, 2.75) is 4.90 Å². The minimum atomic E-state index is -3.76. The number of hydrogen-bond acceptors (Lipinski definition) is 5. The number of rotatable bonds is 5. The number of halogens is 1. The van der Waals surface area contributed by atoms with Crippen LogP contribution in [0.15, 0.2) is 82.1 Å². The SMILES string of the molecule is O=C(CS(=O)(=O)c1ccc(Cl)cc1)Nc1ccc(-c2nc3ccccc3o2)cc1. The van der Waals surface area contributed by atoms with E-state index in [-0.39, 0.29) is 4.90 Å². The van der Waals surface area contributed by atoms with E-state index in [9.17, 15) is 13.2 Å². The summed E-state index contributed by atoms with van der Waals surface area (Å²) in [7, 11) is -3.76. The third-order valence-corrected chi connectivity index (χ3v) is 6.09. The van der Waals surface area contributed by atoms with Crippen LogP contribution in [0.25, 0.3) is 22.6 Å². The molecular weight excluding hydrogens is 412 g/mol. The lowest BCUT2D eigenvalue weighted by Gasteiger charge is -2.07. The Balaban J connectivity index is 1.45. The van der Waals surface area contributed by atoms with Crippen molar-refractivity contribution < 1.29 is 17.6 Å². The molecule has 0 atom stereocenters. The fourth-order valence-electron chi connectivity index (χ4n) is 2.79. The van der Waals surface area contributed by atoms with Crippen LogP contribution in [0.2, 0.25) is 5.02 Å². The van der Waals surface area contributed by atoms with Gasteiger partial charge in [0.15, 0.2) is 15.4 Å². The van der Waals surface area contributed by atoms with E-state index in [4.69, 9.17) is 16.0 Å². The summed E-state index contributed by atoms with van der Waals surface area (Å²) in [5.41, 5.74) is 2.66. The van der Waals surface area contributed by atoms with E-state index in [0.717, 1.165) is 11.1 Å². The van der Waals surface area contributed by atoms with Gasteiger partial charge in [-0.1, -0.05) is 23.7 Å². The third kappa shape index (κ3) is 4.31. The lowest BCUT2D eigenvalue weighted by atomic mass is 10.2. The van der Waals surface area contributed by atoms with Crippen LogP contribution in [0.1, 0.15) is 0 Å². The van der Waals surface area contributed by atoms with Crippen LogP contribution >= 0.6 is 11.6 Å². The summed E-state index contributed by atoms with van der Waals surface area (Å²) in [5.74, 6) is -0.828. The van der Waals surface area contributed by atoms with E-state index in [1.807, 2.05) is 24.3 Å². The smallest absolute Gasteiger partial charge is 0.239 e. The molecule has 1 aromatic heterocycles. The Hall–Kier alpha value is -3.16. The zero-order valence-corrected chi connectivity index (χ0v) is 16.6. The zero-order chi connectivity index (χ0) is 20.4. The molecule has 0 saturated carbocycles. The van der Waals surface area contributed by atoms with Crippen molar-refractivity contribution in [2.75, 3.05) is 11.1 Å². The first-order chi connectivity index (χ1) is 13.9. The van der Waals surface area contributed by atoms with Gasteiger partial charge in [-0.3, -0.25) is 4.79 Å². The topological polar surface area (TPSA) is 89.3 Å². The van der Waals surface area contributed by atoms with Crippen LogP contribution < -0.4 is 5.32 Å². The Labute approximate surface area is 172 Å². The molecule has 1 N–H and O–H groups in total. The maximum Gasteiger partial charge on any atom is 0.239 e. The molecule has 0 aliphatic heterocycles. The van der Waals surface area contributed by atoms with E-state index in [2.05, 4.69) is 10.3 Å². The van der Waals surface area contributed by atoms with Gasteiger partial charge in [0.1, 0.15) is 11.3 Å². The lowest BCUT2D eigenvalue weighted by Crippen LogP contribution is -2.23. The molecular formula is C21H15ClN2O4S. The Bertz CT molecular complexity index is 1250. The van der Waals surface area contributed by atoms with Gasteiger partial charge in [0.05, 0.1) is 4.90 Å². The van der Waals surface area contributed by atoms with Gasteiger partial charge in [-0.05, 0) is 60.7 Å². The third-order valence-electron chi connectivity index (χ3n) is 4.20. The summed E-state index contributed by atoms with van der Waals surface area (Å²) in [5, 5.41) is 3.01. The van der Waals surface area contributed by atoms with Crippen molar-refractivity contribution >= 4 is 44.1 Å². The van der Waals surface area contributed by atoms with E-state index >= 15 is 0 Å². The highest BCUT2D eigenvalue weighted by Crippen LogP contribution is 2.25. The highest BCUT2D eigenvalue weighted by Gasteiger charge is 2.19. The Morgan fingerprint density at radius 2 is 1.66 bits per heavy atom. The number of carbonyl (C=O) groups is 1. The average molecular weight is 427 g/mol. The second-order valence-corrected chi connectivity index (χ2v) is 8.75. The van der Waals surface area contributed by atoms with Crippen LogP contribution in [-0.4, -0.2) is 25.1 Å². The van der Waals surface area contributed by atoms with Crippen LogP contribution in [0.3, 0.4) is 0 Å². The molecule has 6 nitrogen and oxygen atoms in total. The number of oxazole rings is 1. The van der Waals surface area contributed by atoms with Crippen molar-refractivity contribution in [3.05, 3.63) is 77.8 Å². The summed E-state index contributed by atoms with van der Waals surface area (Å²) in [4.78, 5) is 16.7. The molecule has 4 rings (SSSR count). The maximum absolute atomic E-state index is 12.3. The van der Waals surface area contributed by atoms with Gasteiger partial charge in [0.25, 0.3) is 0 Å². The zero-order valence-electron chi connectivity index (χ0n) is 15.0. The summed E-state index contributed by atoms with van der Waals surface area (Å²) in [6.07, 6.45) is 0. The Morgan fingerprint density at radius 3 is 2.34 bits per heavy atom. The number of aromatic nitrogens is 1. The molecule has 4 aromatic rings. The minimum Gasteiger partial charge on any atom is -0.436 e. The highest BCUT2D eigenvalue weighted by atomic mass is 35.5. The first kappa shape index (κ1) is 19.2. The van der Waals surface area contributed by atoms with Gasteiger partial charge in [-0.15, -0.1) is 0 Å². The quantitative estimate of drug-likeness (QED) is 0.505. The fourth-order valence-corrected chi connectivity index (χ4v) is 4.05. The molecule has 0 spiro atoms. The van der Waals surface area contributed by atoms with Gasteiger partial charge in [-0.25, -0.2) is 13.4 Å². The number of anilines is 1. The van der Waals surface area contributed by atoms with Crippen molar-refractivity contribution in [1.82, 2.24) is 4.98 Å². The second-order valence-electron chi connectivity index (χ2n) is 6.33. The first-order valence-electron chi connectivity index (χ1n) is 8.65. The molecule has 29 heavy (non-hydrogen) atoms. The number of amides is 1. The van der Waals surface area contributed by atoms with Crippen molar-refractivity contribution in [1.29, 1.82) is 0 Å². The average Bonchev–Trinajstić information content (AvgIpc) is 3.12. The number of para-hydroxylation sites is 2. The van der Waals surface area contributed by atoms with Crippen LogP contribution in [-0.2, 0) is 14.6 Å². The molecule has 146 valence electrons. The van der Waals surface area contributed by atoms with Crippen molar-refractivity contribution in [2.24, 2.45) is 0 Å². The van der Waals surface area contributed by atoms with Gasteiger partial charge >= 0.3 is 0 Å². The monoisotopic (exact) mass is 426 g/mol. The first-order valence-corrected chi connectivity index (χ1v) is 10.7. The number of benzene rings is 3. The molecule has 0 aliphatic rings. The van der Waals surface area contributed by atoms with Gasteiger partial charge in [0, 0.05) is 16.3 Å². The number of nitrogens with zero attached hydrogens (tertiary/aromatic N) is 1. The number of nitrogens with one attached hydrogen (secondary N) is 1. The summed E-state index contributed by atoms with van der Waals surface area (Å²) >= 11 is 5.77. The van der Waals surface area contributed by atoms with Crippen molar-refractivity contribution in [3.63, 3.8) is 0 Å². The van der Waals surface area contributed by atoms with Crippen LogP contribution in [0.5, 0.6) is 0 Å². The standard InChI is InChI=1S/C21H15ClN2O4S/c22-15-7-11-17(12-8-15)29(26,27)13-20(25)23-16-9-5-14(6-10-16)21-24-18-3-1-2-4-19(18)28-21/h1-12H,13H2,(H,23,25). The number of carbonyl (C=O) groups excluding carboxylic acids is 1. The molecule has 1 amide bonds. The van der Waals surface area contributed by atoms with Crippen molar-refractivity contribution in [3.8, 4) is 11.5 Å². The number of sulfone groups is 1. The molecule has 0 bridgehead atoms. The van der Waals surface area contributed by atoms with E-state index in [1.165, 1.54) is 24.3 Å². The van der Waals surface area contributed by atoms with Crippen LogP contribution in [0.4, 0.5) is 5.69 Å². The second kappa shape index (κ2) is 7.69. The minimum absolute atomic E-state index is 0.0448. The summed E-state index contributed by atoms with van der Waals surface area (Å²) in [6, 6.07) is 19.9. The lowest BCUT2D eigenvalue weighted by molar-refractivity contribution is -0.113. The molecule has 0 saturated heterocycles. The predicted octanol–water partition coefficient (Wildman–Crippen LogP) is 4.56. The van der Waals surface area contributed by atoms with E-state index in [1.54, 1.807) is 24.3 Å². The highest BCUT2D eigenvalue weighted by molar-refractivity contribution is 7.92. The molecule has 0 aliphatic carbocycles.